The Bertz CT molecular complexity index is 1210. The lowest BCUT2D eigenvalue weighted by molar-refractivity contribution is -0.147. The fourth-order valence-electron chi connectivity index (χ4n) is 9.66. The standard InChI is InChI=1S/C63H122N2O7.2CH2O/c1-8-13-18-23-24-25-30-39-50-65(51-41-49-64(6)7)53-60(54-69-52-40-31-26-27-36-46-61(66)70-55-58(42-32-19-14-9-2)43-33-20-15-10-3)57-72-63(68)48-38-29-28-37-47-62(67)71-56-59(44-34-21-16-11-4)45-35-22-17-12-5;2*1-2/h24-25,58-60H,8-23,26-57H2,1-7H3;2*1H2/b25-24-;;. The van der Waals surface area contributed by atoms with E-state index in [2.05, 4.69) is 70.7 Å². The van der Waals surface area contributed by atoms with Crippen LogP contribution in [0.4, 0.5) is 0 Å². The van der Waals surface area contributed by atoms with Crippen LogP contribution in [0.2, 0.25) is 0 Å². The van der Waals surface area contributed by atoms with E-state index in [0.29, 0.717) is 64.1 Å². The second-order valence-electron chi connectivity index (χ2n) is 22.1. The van der Waals surface area contributed by atoms with Gasteiger partial charge < -0.3 is 38.3 Å². The molecule has 11 nitrogen and oxygen atoms in total. The maximum absolute atomic E-state index is 13.1. The summed E-state index contributed by atoms with van der Waals surface area (Å²) in [5.41, 5.74) is 0. The summed E-state index contributed by atoms with van der Waals surface area (Å²) >= 11 is 0. The van der Waals surface area contributed by atoms with E-state index in [1.54, 1.807) is 0 Å². The van der Waals surface area contributed by atoms with Gasteiger partial charge in [0.2, 0.25) is 0 Å². The largest absolute Gasteiger partial charge is 0.465 e. The van der Waals surface area contributed by atoms with Crippen LogP contribution in [0, 0.1) is 17.8 Å². The molecule has 0 aromatic heterocycles. The summed E-state index contributed by atoms with van der Waals surface area (Å²) in [5, 5.41) is 0. The van der Waals surface area contributed by atoms with E-state index in [4.69, 9.17) is 28.5 Å². The molecule has 0 radical (unpaired) electrons. The predicted molar refractivity (Wildman–Crippen MR) is 321 cm³/mol. The van der Waals surface area contributed by atoms with Gasteiger partial charge in [0.05, 0.1) is 26.4 Å². The number of carbonyl (C=O) groups excluding carboxylic acids is 5. The van der Waals surface area contributed by atoms with Gasteiger partial charge in [0.1, 0.15) is 13.6 Å². The Morgan fingerprint density at radius 2 is 0.724 bits per heavy atom. The summed E-state index contributed by atoms with van der Waals surface area (Å²) < 4.78 is 23.9. The third-order valence-electron chi connectivity index (χ3n) is 14.4. The Hall–Kier alpha value is -2.63. The zero-order valence-corrected chi connectivity index (χ0v) is 51.3. The van der Waals surface area contributed by atoms with Crippen LogP contribution in [0.15, 0.2) is 12.2 Å². The predicted octanol–water partition coefficient (Wildman–Crippen LogP) is 16.8. The average molecular weight is 1080 g/mol. The van der Waals surface area contributed by atoms with E-state index in [0.717, 1.165) is 116 Å². The number of rotatable bonds is 57. The third-order valence-corrected chi connectivity index (χ3v) is 14.4. The van der Waals surface area contributed by atoms with E-state index in [1.807, 2.05) is 13.6 Å². The van der Waals surface area contributed by atoms with Crippen molar-refractivity contribution in [2.24, 2.45) is 17.8 Å². The van der Waals surface area contributed by atoms with Crippen molar-refractivity contribution >= 4 is 31.5 Å². The van der Waals surface area contributed by atoms with Crippen LogP contribution in [0.1, 0.15) is 285 Å². The highest BCUT2D eigenvalue weighted by Crippen LogP contribution is 2.22. The SMILES string of the molecule is C=O.C=O.CCCCC/C=C\CCCN(CCCN(C)C)CC(COCCCCCCCC(=O)OCC(CCCCCC)CCCCCC)COC(=O)CCCCCCC(=O)OCC(CCCCCC)CCCCCC. The molecule has 0 N–H and O–H groups in total. The van der Waals surface area contributed by atoms with Crippen LogP contribution in [0.5, 0.6) is 0 Å². The first kappa shape index (κ1) is 77.6. The zero-order chi connectivity index (χ0) is 56.8. The first-order valence-electron chi connectivity index (χ1n) is 31.8. The van der Waals surface area contributed by atoms with Crippen LogP contribution in [0.25, 0.3) is 0 Å². The van der Waals surface area contributed by atoms with Gasteiger partial charge in [-0.25, -0.2) is 0 Å². The minimum Gasteiger partial charge on any atom is -0.465 e. The Morgan fingerprint density at radius 3 is 1.13 bits per heavy atom. The maximum Gasteiger partial charge on any atom is 0.305 e. The second kappa shape index (κ2) is 64.9. The van der Waals surface area contributed by atoms with Crippen LogP contribution < -0.4 is 0 Å². The first-order valence-corrected chi connectivity index (χ1v) is 31.8. The van der Waals surface area contributed by atoms with Crippen molar-refractivity contribution in [1.82, 2.24) is 9.80 Å². The summed E-state index contributed by atoms with van der Waals surface area (Å²) in [6.07, 6.45) is 47.8. The number of carbonyl (C=O) groups is 5. The lowest BCUT2D eigenvalue weighted by atomic mass is 9.95. The molecule has 1 unspecified atom stereocenters. The molecule has 11 heteroatoms. The van der Waals surface area contributed by atoms with E-state index < -0.39 is 0 Å². The van der Waals surface area contributed by atoms with Gasteiger partial charge in [-0.15, -0.1) is 0 Å². The van der Waals surface area contributed by atoms with Gasteiger partial charge in [0.25, 0.3) is 0 Å². The summed E-state index contributed by atoms with van der Waals surface area (Å²) in [7, 11) is 4.27. The van der Waals surface area contributed by atoms with E-state index in [1.165, 1.54) is 141 Å². The van der Waals surface area contributed by atoms with Gasteiger partial charge in [0.15, 0.2) is 0 Å². The quantitative estimate of drug-likeness (QED) is 0.0250. The molecule has 0 aliphatic carbocycles. The molecular formula is C65H126N2O9. The normalized spacial score (nSPS) is 11.8. The maximum atomic E-state index is 13.1. The van der Waals surface area contributed by atoms with Gasteiger partial charge in [-0.1, -0.05) is 194 Å². The Balaban J connectivity index is -0.0000130. The number of ether oxygens (including phenoxy) is 4. The van der Waals surface area contributed by atoms with Crippen molar-refractivity contribution in [1.29, 1.82) is 0 Å². The molecule has 0 saturated carbocycles. The second-order valence-corrected chi connectivity index (χ2v) is 22.1. The van der Waals surface area contributed by atoms with Crippen LogP contribution in [-0.2, 0) is 42.9 Å². The molecule has 76 heavy (non-hydrogen) atoms. The molecule has 0 bridgehead atoms. The summed E-state index contributed by atoms with van der Waals surface area (Å²) in [5.74, 6) is 0.872. The molecule has 450 valence electrons. The van der Waals surface area contributed by atoms with Gasteiger partial charge in [-0.2, -0.15) is 0 Å². The molecular weight excluding hydrogens is 953 g/mol. The molecule has 0 aromatic rings. The molecule has 1 atom stereocenters. The van der Waals surface area contributed by atoms with Gasteiger partial charge in [-0.05, 0) is 129 Å². The monoisotopic (exact) mass is 1080 g/mol. The van der Waals surface area contributed by atoms with Crippen molar-refractivity contribution in [3.8, 4) is 0 Å². The summed E-state index contributed by atoms with van der Waals surface area (Å²) in [6.45, 7) is 22.0. The summed E-state index contributed by atoms with van der Waals surface area (Å²) in [6, 6.07) is 0. The molecule has 0 spiro atoms. The fraction of sp³-hybridized carbons (Fsp3) is 0.892. The topological polar surface area (TPSA) is 129 Å². The van der Waals surface area contributed by atoms with Crippen molar-refractivity contribution in [3.05, 3.63) is 12.2 Å². The van der Waals surface area contributed by atoms with E-state index in [-0.39, 0.29) is 23.8 Å². The van der Waals surface area contributed by atoms with Crippen molar-refractivity contribution in [3.63, 3.8) is 0 Å². The Morgan fingerprint density at radius 1 is 0.382 bits per heavy atom. The lowest BCUT2D eigenvalue weighted by Gasteiger charge is -2.28. The third kappa shape index (κ3) is 59.0. The Labute approximate surface area is 470 Å². The molecule has 0 rings (SSSR count). The molecule has 0 saturated heterocycles. The molecule has 0 amide bonds. The van der Waals surface area contributed by atoms with Crippen molar-refractivity contribution < 1.29 is 42.9 Å². The highest BCUT2D eigenvalue weighted by atomic mass is 16.5. The zero-order valence-electron chi connectivity index (χ0n) is 51.3. The van der Waals surface area contributed by atoms with Crippen LogP contribution in [0.3, 0.4) is 0 Å². The number of hydrogen-bond donors (Lipinski definition) is 0. The van der Waals surface area contributed by atoms with E-state index in [9.17, 15) is 14.4 Å². The van der Waals surface area contributed by atoms with Gasteiger partial charge in [-0.3, -0.25) is 14.4 Å². The number of unbranched alkanes of at least 4 members (excludes halogenated alkanes) is 23. The Kier molecular flexibility index (Phi) is 66.3. The fourth-order valence-corrected chi connectivity index (χ4v) is 9.66. The van der Waals surface area contributed by atoms with Crippen molar-refractivity contribution in [2.45, 2.75) is 285 Å². The number of nitrogens with zero attached hydrogens (tertiary/aromatic N) is 2. The highest BCUT2D eigenvalue weighted by molar-refractivity contribution is 5.70. The molecule has 0 aliphatic heterocycles. The van der Waals surface area contributed by atoms with E-state index >= 15 is 0 Å². The smallest absolute Gasteiger partial charge is 0.305 e. The number of hydrogen-bond acceptors (Lipinski definition) is 11. The molecule has 0 aromatic carbocycles. The highest BCUT2D eigenvalue weighted by Gasteiger charge is 2.19. The minimum atomic E-state index is -0.135. The molecule has 0 fully saturated rings. The lowest BCUT2D eigenvalue weighted by Crippen LogP contribution is -2.36. The average Bonchev–Trinajstić information content (AvgIpc) is 3.42. The number of allylic oxidation sites excluding steroid dienone is 2. The van der Waals surface area contributed by atoms with Crippen LogP contribution >= 0.6 is 0 Å². The molecule has 0 heterocycles. The van der Waals surface area contributed by atoms with Gasteiger partial charge in [0, 0.05) is 38.3 Å². The first-order chi connectivity index (χ1) is 37.2. The molecule has 0 aliphatic rings. The van der Waals surface area contributed by atoms with Gasteiger partial charge >= 0.3 is 17.9 Å². The minimum absolute atomic E-state index is 0.0270. The van der Waals surface area contributed by atoms with Crippen molar-refractivity contribution in [2.75, 3.05) is 73.3 Å². The van der Waals surface area contributed by atoms with Crippen LogP contribution in [-0.4, -0.2) is 115 Å². The summed E-state index contributed by atoms with van der Waals surface area (Å²) in [4.78, 5) is 59.2. The number of esters is 3.